The second-order valence-corrected chi connectivity index (χ2v) is 4.94. The SMILES string of the molecule is COc1ccc([C@H]2CCCCS2)cc1. The van der Waals surface area contributed by atoms with E-state index < -0.39 is 0 Å². The van der Waals surface area contributed by atoms with Crippen LogP contribution < -0.4 is 4.74 Å². The van der Waals surface area contributed by atoms with Crippen LogP contribution in [0, 0.1) is 0 Å². The Hall–Kier alpha value is -0.630. The summed E-state index contributed by atoms with van der Waals surface area (Å²) < 4.78 is 5.15. The maximum atomic E-state index is 5.15. The molecule has 76 valence electrons. The molecular weight excluding hydrogens is 192 g/mol. The smallest absolute Gasteiger partial charge is 0.118 e. The van der Waals surface area contributed by atoms with E-state index >= 15 is 0 Å². The first-order valence-electron chi connectivity index (χ1n) is 5.16. The van der Waals surface area contributed by atoms with Crippen molar-refractivity contribution >= 4 is 11.8 Å². The van der Waals surface area contributed by atoms with Gasteiger partial charge in [0, 0.05) is 5.25 Å². The fraction of sp³-hybridized carbons (Fsp3) is 0.500. The van der Waals surface area contributed by atoms with Crippen molar-refractivity contribution in [1.82, 2.24) is 0 Å². The Morgan fingerprint density at radius 3 is 2.57 bits per heavy atom. The molecule has 2 rings (SSSR count). The first kappa shape index (κ1) is 9.91. The molecule has 1 aromatic rings. The van der Waals surface area contributed by atoms with Gasteiger partial charge in [0.05, 0.1) is 7.11 Å². The van der Waals surface area contributed by atoms with E-state index in [1.54, 1.807) is 7.11 Å². The molecule has 0 N–H and O–H groups in total. The minimum atomic E-state index is 0.717. The molecule has 0 amide bonds. The zero-order valence-corrected chi connectivity index (χ0v) is 9.35. The minimum Gasteiger partial charge on any atom is -0.497 e. The van der Waals surface area contributed by atoms with Crippen molar-refractivity contribution in [2.75, 3.05) is 12.9 Å². The summed E-state index contributed by atoms with van der Waals surface area (Å²) >= 11 is 2.09. The summed E-state index contributed by atoms with van der Waals surface area (Å²) in [5, 5.41) is 0.717. The number of hydrogen-bond acceptors (Lipinski definition) is 2. The maximum absolute atomic E-state index is 5.15. The highest BCUT2D eigenvalue weighted by atomic mass is 32.2. The molecule has 0 radical (unpaired) electrons. The Bertz CT molecular complexity index is 275. The van der Waals surface area contributed by atoms with Crippen LogP contribution in [-0.2, 0) is 0 Å². The quantitative estimate of drug-likeness (QED) is 0.733. The van der Waals surface area contributed by atoms with Gasteiger partial charge in [-0.1, -0.05) is 18.6 Å². The van der Waals surface area contributed by atoms with Crippen molar-refractivity contribution in [1.29, 1.82) is 0 Å². The van der Waals surface area contributed by atoms with Gasteiger partial charge in [-0.25, -0.2) is 0 Å². The summed E-state index contributed by atoms with van der Waals surface area (Å²) in [4.78, 5) is 0. The number of thioether (sulfide) groups is 1. The van der Waals surface area contributed by atoms with Crippen molar-refractivity contribution in [3.63, 3.8) is 0 Å². The van der Waals surface area contributed by atoms with Crippen molar-refractivity contribution in [2.45, 2.75) is 24.5 Å². The van der Waals surface area contributed by atoms with Gasteiger partial charge < -0.3 is 4.74 Å². The highest BCUT2D eigenvalue weighted by Crippen LogP contribution is 2.38. The van der Waals surface area contributed by atoms with Crippen molar-refractivity contribution in [2.24, 2.45) is 0 Å². The van der Waals surface area contributed by atoms with Crippen LogP contribution in [0.2, 0.25) is 0 Å². The molecule has 0 aromatic heterocycles. The zero-order chi connectivity index (χ0) is 9.80. The predicted molar refractivity (Wildman–Crippen MR) is 62.0 cm³/mol. The van der Waals surface area contributed by atoms with E-state index in [-0.39, 0.29) is 0 Å². The van der Waals surface area contributed by atoms with Crippen LogP contribution in [0.1, 0.15) is 30.1 Å². The Kier molecular flexibility index (Phi) is 3.35. The van der Waals surface area contributed by atoms with Crippen molar-refractivity contribution < 1.29 is 4.74 Å². The lowest BCUT2D eigenvalue weighted by atomic mass is 10.1. The molecule has 14 heavy (non-hydrogen) atoms. The predicted octanol–water partition coefficient (Wildman–Crippen LogP) is 3.65. The number of rotatable bonds is 2. The Labute approximate surface area is 89.9 Å². The molecule has 1 saturated heterocycles. The summed E-state index contributed by atoms with van der Waals surface area (Å²) in [6, 6.07) is 8.51. The lowest BCUT2D eigenvalue weighted by Crippen LogP contribution is -2.01. The lowest BCUT2D eigenvalue weighted by Gasteiger charge is -2.21. The van der Waals surface area contributed by atoms with Crippen LogP contribution >= 0.6 is 11.8 Å². The molecule has 1 aliphatic heterocycles. The van der Waals surface area contributed by atoms with Crippen LogP contribution in [0.15, 0.2) is 24.3 Å². The fourth-order valence-electron chi connectivity index (χ4n) is 1.82. The summed E-state index contributed by atoms with van der Waals surface area (Å²) in [5.41, 5.74) is 1.45. The monoisotopic (exact) mass is 208 g/mol. The van der Waals surface area contributed by atoms with Gasteiger partial charge in [0.25, 0.3) is 0 Å². The second-order valence-electron chi connectivity index (χ2n) is 3.63. The minimum absolute atomic E-state index is 0.717. The van der Waals surface area contributed by atoms with Crippen molar-refractivity contribution in [3.8, 4) is 5.75 Å². The molecule has 1 fully saturated rings. The van der Waals surface area contributed by atoms with Crippen molar-refractivity contribution in [3.05, 3.63) is 29.8 Å². The number of ether oxygens (including phenoxy) is 1. The third kappa shape index (κ3) is 2.24. The normalized spacial score (nSPS) is 21.9. The molecule has 1 aromatic carbocycles. The standard InChI is InChI=1S/C12H16OS/c1-13-11-7-5-10(6-8-11)12-4-2-3-9-14-12/h5-8,12H,2-4,9H2,1H3/t12-/m1/s1. The summed E-state index contributed by atoms with van der Waals surface area (Å²) in [6.45, 7) is 0. The molecule has 1 heterocycles. The molecule has 0 spiro atoms. The molecule has 0 aliphatic carbocycles. The molecule has 0 unspecified atom stereocenters. The third-order valence-corrected chi connectivity index (χ3v) is 4.10. The van der Waals surface area contributed by atoms with E-state index in [0.717, 1.165) is 11.0 Å². The van der Waals surface area contributed by atoms with Gasteiger partial charge >= 0.3 is 0 Å². The van der Waals surface area contributed by atoms with E-state index in [1.165, 1.54) is 30.6 Å². The first-order valence-corrected chi connectivity index (χ1v) is 6.20. The van der Waals surface area contributed by atoms with Gasteiger partial charge in [-0.3, -0.25) is 0 Å². The molecule has 1 aliphatic rings. The van der Waals surface area contributed by atoms with E-state index in [4.69, 9.17) is 4.74 Å². The van der Waals surface area contributed by atoms with Gasteiger partial charge in [-0.15, -0.1) is 0 Å². The number of benzene rings is 1. The van der Waals surface area contributed by atoms with Gasteiger partial charge in [0.15, 0.2) is 0 Å². The Morgan fingerprint density at radius 2 is 2.00 bits per heavy atom. The summed E-state index contributed by atoms with van der Waals surface area (Å²) in [5.74, 6) is 2.27. The molecule has 0 saturated carbocycles. The average Bonchev–Trinajstić information content (AvgIpc) is 2.30. The summed E-state index contributed by atoms with van der Waals surface area (Å²) in [6.07, 6.45) is 4.10. The van der Waals surface area contributed by atoms with Crippen LogP contribution in [-0.4, -0.2) is 12.9 Å². The average molecular weight is 208 g/mol. The second kappa shape index (κ2) is 4.74. The number of hydrogen-bond donors (Lipinski definition) is 0. The van der Waals surface area contributed by atoms with Gasteiger partial charge in [-0.05, 0) is 36.3 Å². The lowest BCUT2D eigenvalue weighted by molar-refractivity contribution is 0.414. The van der Waals surface area contributed by atoms with E-state index in [9.17, 15) is 0 Å². The van der Waals surface area contributed by atoms with Crippen LogP contribution in [0.25, 0.3) is 0 Å². The first-order chi connectivity index (χ1) is 6.90. The van der Waals surface area contributed by atoms with Gasteiger partial charge in [0.2, 0.25) is 0 Å². The van der Waals surface area contributed by atoms with E-state index in [0.29, 0.717) is 0 Å². The topological polar surface area (TPSA) is 9.23 Å². The number of methoxy groups -OCH3 is 1. The van der Waals surface area contributed by atoms with Gasteiger partial charge in [0.1, 0.15) is 5.75 Å². The third-order valence-electron chi connectivity index (χ3n) is 2.67. The Morgan fingerprint density at radius 1 is 1.21 bits per heavy atom. The molecule has 1 nitrogen and oxygen atoms in total. The highest BCUT2D eigenvalue weighted by molar-refractivity contribution is 7.99. The van der Waals surface area contributed by atoms with Gasteiger partial charge in [-0.2, -0.15) is 11.8 Å². The molecule has 1 atom stereocenters. The maximum Gasteiger partial charge on any atom is 0.118 e. The van der Waals surface area contributed by atoms with E-state index in [1.807, 2.05) is 0 Å². The highest BCUT2D eigenvalue weighted by Gasteiger charge is 2.15. The molecule has 2 heteroatoms. The van der Waals surface area contributed by atoms with Crippen LogP contribution in [0.3, 0.4) is 0 Å². The molecular formula is C12H16OS. The van der Waals surface area contributed by atoms with E-state index in [2.05, 4.69) is 36.0 Å². The molecule has 0 bridgehead atoms. The fourth-order valence-corrected chi connectivity index (χ4v) is 3.16. The van der Waals surface area contributed by atoms with Crippen LogP contribution in [0.4, 0.5) is 0 Å². The summed E-state index contributed by atoms with van der Waals surface area (Å²) in [7, 11) is 1.71. The van der Waals surface area contributed by atoms with Crippen LogP contribution in [0.5, 0.6) is 5.75 Å². The Balaban J connectivity index is 2.07. The zero-order valence-electron chi connectivity index (χ0n) is 8.53. The largest absolute Gasteiger partial charge is 0.497 e.